The summed E-state index contributed by atoms with van der Waals surface area (Å²) in [5.74, 6) is -0.0533. The molecule has 2 heterocycles. The third-order valence-electron chi connectivity index (χ3n) is 4.44. The van der Waals surface area contributed by atoms with Gasteiger partial charge in [-0.05, 0) is 37.3 Å². The molecule has 4 rings (SSSR count). The lowest BCUT2D eigenvalue weighted by atomic mass is 10.1. The number of benzene rings is 2. The van der Waals surface area contributed by atoms with Gasteiger partial charge in [-0.2, -0.15) is 4.98 Å². The monoisotopic (exact) mass is 371 g/mol. The van der Waals surface area contributed by atoms with Crippen LogP contribution in [0.15, 0.2) is 47.0 Å². The predicted molar refractivity (Wildman–Crippen MR) is 95.6 cm³/mol. The second-order valence-electron chi connectivity index (χ2n) is 6.32. The number of hydrogen-bond donors (Lipinski definition) is 0. The standard InChI is InChI=1S/C19H15ClFN3O2/c1-11-2-5-14(6-3-11)24-10-12(8-17(24)25)18-22-19(26-23-18)15-9-13(21)4-7-16(15)20/h2-7,9,12H,8,10H2,1H3/t12-/m1/s1. The summed E-state index contributed by atoms with van der Waals surface area (Å²) in [6.07, 6.45) is 0.295. The van der Waals surface area contributed by atoms with Crippen molar-refractivity contribution in [3.8, 4) is 11.5 Å². The van der Waals surface area contributed by atoms with E-state index in [-0.39, 0.29) is 17.7 Å². The van der Waals surface area contributed by atoms with Crippen LogP contribution in [0.25, 0.3) is 11.5 Å². The summed E-state index contributed by atoms with van der Waals surface area (Å²) >= 11 is 6.08. The Morgan fingerprint density at radius 1 is 1.23 bits per heavy atom. The Labute approximate surface area is 154 Å². The van der Waals surface area contributed by atoms with Crippen LogP contribution < -0.4 is 4.90 Å². The lowest BCUT2D eigenvalue weighted by Crippen LogP contribution is -2.24. The minimum Gasteiger partial charge on any atom is -0.334 e. The van der Waals surface area contributed by atoms with Gasteiger partial charge in [-0.3, -0.25) is 4.79 Å². The van der Waals surface area contributed by atoms with Gasteiger partial charge >= 0.3 is 0 Å². The summed E-state index contributed by atoms with van der Waals surface area (Å²) in [6, 6.07) is 11.7. The summed E-state index contributed by atoms with van der Waals surface area (Å²) in [5, 5.41) is 4.30. The maximum absolute atomic E-state index is 13.5. The number of aryl methyl sites for hydroxylation is 1. The van der Waals surface area contributed by atoms with Crippen LogP contribution in [0.5, 0.6) is 0 Å². The van der Waals surface area contributed by atoms with Crippen LogP contribution in [0.2, 0.25) is 5.02 Å². The van der Waals surface area contributed by atoms with E-state index in [0.717, 1.165) is 11.3 Å². The highest BCUT2D eigenvalue weighted by atomic mass is 35.5. The van der Waals surface area contributed by atoms with E-state index in [1.165, 1.54) is 18.2 Å². The minimum absolute atomic E-state index is 0.00833. The molecule has 1 aliphatic heterocycles. The number of hydrogen-bond acceptors (Lipinski definition) is 4. The average molecular weight is 372 g/mol. The van der Waals surface area contributed by atoms with E-state index in [1.807, 2.05) is 31.2 Å². The molecule has 1 saturated heterocycles. The fraction of sp³-hybridized carbons (Fsp3) is 0.211. The van der Waals surface area contributed by atoms with Gasteiger partial charge in [-0.25, -0.2) is 4.39 Å². The fourth-order valence-corrected chi connectivity index (χ4v) is 3.22. The fourth-order valence-electron chi connectivity index (χ4n) is 3.03. The molecule has 1 aromatic heterocycles. The minimum atomic E-state index is -0.439. The van der Waals surface area contributed by atoms with Crippen molar-refractivity contribution >= 4 is 23.2 Å². The summed E-state index contributed by atoms with van der Waals surface area (Å²) in [5.41, 5.74) is 2.32. The second-order valence-corrected chi connectivity index (χ2v) is 6.73. The quantitative estimate of drug-likeness (QED) is 0.686. The molecule has 7 heteroatoms. The Bertz CT molecular complexity index is 971. The highest BCUT2D eigenvalue weighted by molar-refractivity contribution is 6.33. The lowest BCUT2D eigenvalue weighted by molar-refractivity contribution is -0.117. The Kier molecular flexibility index (Phi) is 4.20. The number of anilines is 1. The normalized spacial score (nSPS) is 17.1. The highest BCUT2D eigenvalue weighted by Crippen LogP contribution is 2.33. The Hall–Kier alpha value is -2.73. The second kappa shape index (κ2) is 6.53. The van der Waals surface area contributed by atoms with Gasteiger partial charge in [0, 0.05) is 24.6 Å². The van der Waals surface area contributed by atoms with Gasteiger partial charge in [-0.15, -0.1) is 0 Å². The molecule has 0 N–H and O–H groups in total. The van der Waals surface area contributed by atoms with Gasteiger partial charge in [-0.1, -0.05) is 34.5 Å². The van der Waals surface area contributed by atoms with E-state index in [1.54, 1.807) is 4.90 Å². The molecule has 0 radical (unpaired) electrons. The van der Waals surface area contributed by atoms with E-state index in [9.17, 15) is 9.18 Å². The zero-order chi connectivity index (χ0) is 18.3. The SMILES string of the molecule is Cc1ccc(N2C[C@H](c3noc(-c4cc(F)ccc4Cl)n3)CC2=O)cc1. The zero-order valence-electron chi connectivity index (χ0n) is 13.9. The van der Waals surface area contributed by atoms with Gasteiger partial charge in [0.1, 0.15) is 5.82 Å². The molecule has 26 heavy (non-hydrogen) atoms. The molecule has 3 aromatic rings. The molecule has 2 aromatic carbocycles. The first kappa shape index (κ1) is 16.7. The average Bonchev–Trinajstić information content (AvgIpc) is 3.25. The van der Waals surface area contributed by atoms with Gasteiger partial charge in [0.25, 0.3) is 5.89 Å². The first-order valence-corrected chi connectivity index (χ1v) is 8.55. The molecule has 1 amide bonds. The maximum Gasteiger partial charge on any atom is 0.259 e. The number of carbonyl (C=O) groups is 1. The van der Waals surface area contributed by atoms with Crippen LogP contribution in [0, 0.1) is 12.7 Å². The number of halogens is 2. The van der Waals surface area contributed by atoms with Crippen molar-refractivity contribution in [1.29, 1.82) is 0 Å². The van der Waals surface area contributed by atoms with Crippen molar-refractivity contribution in [3.63, 3.8) is 0 Å². The smallest absolute Gasteiger partial charge is 0.259 e. The third-order valence-corrected chi connectivity index (χ3v) is 4.77. The molecule has 1 aliphatic rings. The molecule has 5 nitrogen and oxygen atoms in total. The number of amides is 1. The third kappa shape index (κ3) is 3.08. The van der Waals surface area contributed by atoms with Crippen molar-refractivity contribution in [2.75, 3.05) is 11.4 Å². The highest BCUT2D eigenvalue weighted by Gasteiger charge is 2.34. The van der Waals surface area contributed by atoms with Crippen LogP contribution in [-0.4, -0.2) is 22.6 Å². The zero-order valence-corrected chi connectivity index (χ0v) is 14.7. The van der Waals surface area contributed by atoms with Crippen LogP contribution in [-0.2, 0) is 4.79 Å². The molecule has 0 aliphatic carbocycles. The molecular formula is C19H15ClFN3O2. The van der Waals surface area contributed by atoms with Crippen LogP contribution in [0.3, 0.4) is 0 Å². The van der Waals surface area contributed by atoms with Crippen LogP contribution in [0.1, 0.15) is 23.7 Å². The van der Waals surface area contributed by atoms with Crippen molar-refractivity contribution in [2.24, 2.45) is 0 Å². The van der Waals surface area contributed by atoms with E-state index < -0.39 is 5.82 Å². The topological polar surface area (TPSA) is 59.2 Å². The lowest BCUT2D eigenvalue weighted by Gasteiger charge is -2.16. The Morgan fingerprint density at radius 2 is 2.00 bits per heavy atom. The molecule has 1 fully saturated rings. The molecule has 0 saturated carbocycles. The summed E-state index contributed by atoms with van der Waals surface area (Å²) < 4.78 is 18.7. The van der Waals surface area contributed by atoms with Crippen LogP contribution >= 0.6 is 11.6 Å². The molecule has 0 spiro atoms. The molecule has 1 atom stereocenters. The van der Waals surface area contributed by atoms with Crippen LogP contribution in [0.4, 0.5) is 10.1 Å². The summed E-state index contributed by atoms with van der Waals surface area (Å²) in [6.45, 7) is 2.47. The predicted octanol–water partition coefficient (Wildman–Crippen LogP) is 4.36. The van der Waals surface area contributed by atoms with Gasteiger partial charge in [0.05, 0.1) is 10.6 Å². The molecule has 132 valence electrons. The number of rotatable bonds is 3. The number of aromatic nitrogens is 2. The largest absolute Gasteiger partial charge is 0.334 e. The van der Waals surface area contributed by atoms with Crippen molar-refractivity contribution < 1.29 is 13.7 Å². The van der Waals surface area contributed by atoms with Crippen molar-refractivity contribution in [3.05, 3.63) is 64.7 Å². The van der Waals surface area contributed by atoms with Gasteiger partial charge in [0.15, 0.2) is 5.82 Å². The van der Waals surface area contributed by atoms with E-state index in [0.29, 0.717) is 29.4 Å². The Balaban J connectivity index is 1.58. The maximum atomic E-state index is 13.5. The van der Waals surface area contributed by atoms with Crippen molar-refractivity contribution in [1.82, 2.24) is 10.1 Å². The van der Waals surface area contributed by atoms with Gasteiger partial charge in [0.2, 0.25) is 5.91 Å². The van der Waals surface area contributed by atoms with E-state index in [4.69, 9.17) is 16.1 Å². The van der Waals surface area contributed by atoms with Gasteiger partial charge < -0.3 is 9.42 Å². The molecule has 0 unspecified atom stereocenters. The summed E-state index contributed by atoms with van der Waals surface area (Å²) in [4.78, 5) is 18.4. The summed E-state index contributed by atoms with van der Waals surface area (Å²) in [7, 11) is 0. The molecular weight excluding hydrogens is 357 g/mol. The Morgan fingerprint density at radius 3 is 2.77 bits per heavy atom. The number of nitrogens with zero attached hydrogens (tertiary/aromatic N) is 3. The number of carbonyl (C=O) groups excluding carboxylic acids is 1. The van der Waals surface area contributed by atoms with Crippen molar-refractivity contribution in [2.45, 2.75) is 19.3 Å². The first-order valence-electron chi connectivity index (χ1n) is 8.17. The van der Waals surface area contributed by atoms with E-state index >= 15 is 0 Å². The van der Waals surface area contributed by atoms with E-state index in [2.05, 4.69) is 10.1 Å². The first-order chi connectivity index (χ1) is 12.5. The molecule has 0 bridgehead atoms.